The van der Waals surface area contributed by atoms with E-state index >= 15 is 0 Å². The van der Waals surface area contributed by atoms with Gasteiger partial charge < -0.3 is 4.42 Å². The second-order valence-corrected chi connectivity index (χ2v) is 12.8. The van der Waals surface area contributed by atoms with E-state index in [-0.39, 0.29) is 0 Å². The predicted molar refractivity (Wildman–Crippen MR) is 209 cm³/mol. The van der Waals surface area contributed by atoms with Crippen molar-refractivity contribution in [3.63, 3.8) is 0 Å². The molecule has 0 spiro atoms. The zero-order valence-corrected chi connectivity index (χ0v) is 27.5. The summed E-state index contributed by atoms with van der Waals surface area (Å²) in [7, 11) is 0. The Kier molecular flexibility index (Phi) is 6.78. The number of fused-ring (bicyclic) bond motifs is 5. The highest BCUT2D eigenvalue weighted by Gasteiger charge is 2.21. The Morgan fingerprint density at radius 1 is 0.314 bits per heavy atom. The molecule has 51 heavy (non-hydrogen) atoms. The number of hydrogen-bond donors (Lipinski definition) is 0. The highest BCUT2D eigenvalue weighted by Crippen LogP contribution is 2.44. The summed E-state index contributed by atoms with van der Waals surface area (Å²) < 4.78 is 6.59. The van der Waals surface area contributed by atoms with Crippen LogP contribution in [0.2, 0.25) is 0 Å². The van der Waals surface area contributed by atoms with Crippen molar-refractivity contribution in [1.82, 2.24) is 15.0 Å². The highest BCUT2D eigenvalue weighted by molar-refractivity contribution is 6.20. The zero-order valence-electron chi connectivity index (χ0n) is 27.5. The molecule has 0 bridgehead atoms. The van der Waals surface area contributed by atoms with E-state index in [4.69, 9.17) is 19.4 Å². The van der Waals surface area contributed by atoms with Crippen molar-refractivity contribution >= 4 is 43.5 Å². The molecule has 0 aliphatic heterocycles. The Bertz CT molecular complexity index is 2910. The first kappa shape index (κ1) is 29.0. The topological polar surface area (TPSA) is 51.8 Å². The second kappa shape index (κ2) is 11.9. The van der Waals surface area contributed by atoms with Gasteiger partial charge in [0.25, 0.3) is 0 Å². The number of furan rings is 1. The lowest BCUT2D eigenvalue weighted by Crippen LogP contribution is -2.00. The minimum absolute atomic E-state index is 0.597. The van der Waals surface area contributed by atoms with Crippen LogP contribution in [0.1, 0.15) is 0 Å². The van der Waals surface area contributed by atoms with E-state index in [9.17, 15) is 0 Å². The lowest BCUT2D eigenvalue weighted by Gasteiger charge is -2.13. The molecule has 0 aliphatic rings. The number of rotatable bonds is 5. The molecule has 0 unspecified atom stereocenters. The van der Waals surface area contributed by atoms with Crippen LogP contribution < -0.4 is 0 Å². The Balaban J connectivity index is 1.23. The molecular weight excluding hydrogens is 623 g/mol. The van der Waals surface area contributed by atoms with E-state index in [2.05, 4.69) is 127 Å². The van der Waals surface area contributed by atoms with E-state index in [1.165, 1.54) is 27.3 Å². The summed E-state index contributed by atoms with van der Waals surface area (Å²) in [5.41, 5.74) is 9.01. The van der Waals surface area contributed by atoms with E-state index in [1.54, 1.807) is 0 Å². The molecule has 0 fully saturated rings. The van der Waals surface area contributed by atoms with Gasteiger partial charge in [0.2, 0.25) is 0 Å². The Hall–Kier alpha value is -6.91. The van der Waals surface area contributed by atoms with Crippen molar-refractivity contribution in [2.45, 2.75) is 0 Å². The fraction of sp³-hybridized carbons (Fsp3) is 0. The highest BCUT2D eigenvalue weighted by atomic mass is 16.3. The smallest absolute Gasteiger partial charge is 0.164 e. The quantitative estimate of drug-likeness (QED) is 0.186. The van der Waals surface area contributed by atoms with E-state index in [0.29, 0.717) is 17.5 Å². The third kappa shape index (κ3) is 4.96. The molecule has 0 saturated heterocycles. The van der Waals surface area contributed by atoms with Crippen molar-refractivity contribution in [2.75, 3.05) is 0 Å². The number of benzene rings is 8. The predicted octanol–water partition coefficient (Wildman–Crippen LogP) is 12.4. The van der Waals surface area contributed by atoms with Gasteiger partial charge in [0, 0.05) is 27.5 Å². The van der Waals surface area contributed by atoms with Crippen LogP contribution >= 0.6 is 0 Å². The summed E-state index contributed by atoms with van der Waals surface area (Å²) in [5.74, 6) is 1.84. The molecule has 10 rings (SSSR count). The van der Waals surface area contributed by atoms with E-state index in [0.717, 1.165) is 55.1 Å². The van der Waals surface area contributed by atoms with Gasteiger partial charge >= 0.3 is 0 Å². The minimum atomic E-state index is 0.597. The maximum absolute atomic E-state index is 6.59. The van der Waals surface area contributed by atoms with Gasteiger partial charge in [-0.15, -0.1) is 0 Å². The SMILES string of the molecule is c1ccc(-c2nc(-c3ccc4ccccc4c3)nc(-c3cccc4oc5cccc(-c6ccc(-c7ccccc7)c7ccccc67)c5c34)n2)cc1. The number of hydrogen-bond acceptors (Lipinski definition) is 4. The molecule has 0 N–H and O–H groups in total. The fourth-order valence-corrected chi connectivity index (χ4v) is 7.35. The van der Waals surface area contributed by atoms with Crippen LogP contribution in [0.25, 0.3) is 99.9 Å². The molecule has 10 aromatic rings. The normalized spacial score (nSPS) is 11.5. The van der Waals surface area contributed by atoms with Crippen LogP contribution in [0.4, 0.5) is 0 Å². The fourth-order valence-electron chi connectivity index (χ4n) is 7.35. The average molecular weight is 652 g/mol. The van der Waals surface area contributed by atoms with Gasteiger partial charge in [-0.05, 0) is 62.0 Å². The first-order valence-electron chi connectivity index (χ1n) is 17.1. The van der Waals surface area contributed by atoms with Crippen LogP contribution in [0.3, 0.4) is 0 Å². The van der Waals surface area contributed by atoms with Crippen LogP contribution in [-0.4, -0.2) is 15.0 Å². The maximum atomic E-state index is 6.59. The average Bonchev–Trinajstić information content (AvgIpc) is 3.60. The van der Waals surface area contributed by atoms with Gasteiger partial charge in [0.1, 0.15) is 11.2 Å². The molecule has 8 aromatic carbocycles. The molecular formula is C47H29N3O. The third-order valence-electron chi connectivity index (χ3n) is 9.74. The number of aromatic nitrogens is 3. The van der Waals surface area contributed by atoms with Crippen molar-refractivity contribution in [1.29, 1.82) is 0 Å². The summed E-state index contributed by atoms with van der Waals surface area (Å²) in [6.07, 6.45) is 0. The standard InChI is InChI=1S/C47H29N3O/c1-3-14-31(15-4-1)35-27-28-38(37-20-10-9-19-36(35)37)39-21-11-23-41-43(39)44-40(22-12-24-42(44)51-41)47-49-45(32-16-5-2-6-17-32)48-46(50-47)34-26-25-30-13-7-8-18-33(30)29-34/h1-29H. The monoisotopic (exact) mass is 651 g/mol. The molecule has 0 amide bonds. The van der Waals surface area contributed by atoms with Crippen molar-refractivity contribution < 1.29 is 4.42 Å². The molecule has 0 saturated carbocycles. The second-order valence-electron chi connectivity index (χ2n) is 12.8. The van der Waals surface area contributed by atoms with Crippen LogP contribution in [-0.2, 0) is 0 Å². The van der Waals surface area contributed by atoms with Gasteiger partial charge in [-0.25, -0.2) is 15.0 Å². The lowest BCUT2D eigenvalue weighted by molar-refractivity contribution is 0.669. The minimum Gasteiger partial charge on any atom is -0.456 e. The molecule has 0 aliphatic carbocycles. The van der Waals surface area contributed by atoms with Gasteiger partial charge in [-0.1, -0.05) is 158 Å². The summed E-state index contributed by atoms with van der Waals surface area (Å²) in [6, 6.07) is 61.0. The van der Waals surface area contributed by atoms with E-state index < -0.39 is 0 Å². The molecule has 2 heterocycles. The van der Waals surface area contributed by atoms with Gasteiger partial charge in [0.15, 0.2) is 17.5 Å². The van der Waals surface area contributed by atoms with Crippen LogP contribution in [0.5, 0.6) is 0 Å². The van der Waals surface area contributed by atoms with Crippen molar-refractivity contribution in [3.05, 3.63) is 176 Å². The zero-order chi connectivity index (χ0) is 33.7. The Morgan fingerprint density at radius 3 is 1.61 bits per heavy atom. The first-order valence-corrected chi connectivity index (χ1v) is 17.1. The molecule has 238 valence electrons. The molecule has 0 atom stereocenters. The van der Waals surface area contributed by atoms with Gasteiger partial charge in [0.05, 0.1) is 0 Å². The summed E-state index contributed by atoms with van der Waals surface area (Å²) in [4.78, 5) is 15.3. The summed E-state index contributed by atoms with van der Waals surface area (Å²) in [6.45, 7) is 0. The van der Waals surface area contributed by atoms with Gasteiger partial charge in [-0.2, -0.15) is 0 Å². The van der Waals surface area contributed by atoms with Crippen molar-refractivity contribution in [2.24, 2.45) is 0 Å². The molecule has 4 nitrogen and oxygen atoms in total. The Morgan fingerprint density at radius 2 is 0.863 bits per heavy atom. The van der Waals surface area contributed by atoms with Crippen molar-refractivity contribution in [3.8, 4) is 56.4 Å². The number of nitrogens with zero attached hydrogens (tertiary/aromatic N) is 3. The van der Waals surface area contributed by atoms with Gasteiger partial charge in [-0.3, -0.25) is 0 Å². The van der Waals surface area contributed by atoms with E-state index in [1.807, 2.05) is 48.5 Å². The summed E-state index contributed by atoms with van der Waals surface area (Å²) in [5, 5.41) is 6.71. The lowest BCUT2D eigenvalue weighted by atomic mass is 9.90. The molecule has 2 aromatic heterocycles. The largest absolute Gasteiger partial charge is 0.456 e. The summed E-state index contributed by atoms with van der Waals surface area (Å²) >= 11 is 0. The Labute approximate surface area is 294 Å². The first-order chi connectivity index (χ1) is 25.3. The molecule has 0 radical (unpaired) electrons. The van der Waals surface area contributed by atoms with Crippen LogP contribution in [0.15, 0.2) is 180 Å². The molecule has 4 heteroatoms. The maximum Gasteiger partial charge on any atom is 0.164 e. The van der Waals surface area contributed by atoms with Crippen LogP contribution in [0, 0.1) is 0 Å². The third-order valence-corrected chi connectivity index (χ3v) is 9.74.